The van der Waals surface area contributed by atoms with E-state index in [0.29, 0.717) is 17.6 Å². The van der Waals surface area contributed by atoms with Gasteiger partial charge in [0, 0.05) is 23.5 Å². The lowest BCUT2D eigenvalue weighted by molar-refractivity contribution is -0.120. The van der Waals surface area contributed by atoms with Crippen molar-refractivity contribution in [1.82, 2.24) is 14.7 Å². The van der Waals surface area contributed by atoms with Crippen molar-refractivity contribution >= 4 is 56.9 Å². The van der Waals surface area contributed by atoms with Gasteiger partial charge in [0.15, 0.2) is 0 Å². The molecule has 1 spiro atoms. The maximum Gasteiger partial charge on any atom is 0.239 e. The highest BCUT2D eigenvalue weighted by atomic mass is 32.2. The molecule has 2 heterocycles. The Hall–Kier alpha value is -2.33. The molecule has 32 heavy (non-hydrogen) atoms. The van der Waals surface area contributed by atoms with E-state index in [1.165, 1.54) is 0 Å². The first-order chi connectivity index (χ1) is 15.0. The minimum atomic E-state index is -3.60. The first kappa shape index (κ1) is 21.5. The summed E-state index contributed by atoms with van der Waals surface area (Å²) in [5.74, 6) is 1.83. The molecule has 0 saturated heterocycles. The first-order valence-corrected chi connectivity index (χ1v) is 12.6. The third-order valence-corrected chi connectivity index (χ3v) is 8.24. The first-order valence-electron chi connectivity index (χ1n) is 11.1. The van der Waals surface area contributed by atoms with Crippen LogP contribution in [0, 0.1) is 5.92 Å². The number of hydrogen-bond acceptors (Lipinski definition) is 6. The number of carbonyl (C=O) groups is 1. The van der Waals surface area contributed by atoms with Gasteiger partial charge in [0.25, 0.3) is 0 Å². The van der Waals surface area contributed by atoms with Crippen LogP contribution in [0.5, 0.6) is 0 Å². The second kappa shape index (κ2) is 7.09. The van der Waals surface area contributed by atoms with E-state index in [0.717, 1.165) is 37.1 Å². The topological polar surface area (TPSA) is 104 Å². The predicted octanol–water partition coefficient (Wildman–Crippen LogP) is -0.814. The molecule has 1 atom stereocenters. The zero-order chi connectivity index (χ0) is 22.9. The Bertz CT molecular complexity index is 1190. The van der Waals surface area contributed by atoms with Crippen molar-refractivity contribution in [2.24, 2.45) is 5.92 Å². The Balaban J connectivity index is 1.39. The highest BCUT2D eigenvalue weighted by molar-refractivity contribution is 7.89. The van der Waals surface area contributed by atoms with Crippen LogP contribution in [0.1, 0.15) is 38.2 Å². The molecule has 2 aliphatic carbocycles. The van der Waals surface area contributed by atoms with Crippen LogP contribution < -0.4 is 14.9 Å². The van der Waals surface area contributed by atoms with Crippen LogP contribution in [0.25, 0.3) is 0 Å². The van der Waals surface area contributed by atoms with E-state index in [4.69, 9.17) is 4.98 Å². The summed E-state index contributed by atoms with van der Waals surface area (Å²) in [7, 11) is 1.80. The molecule has 8 nitrogen and oxygen atoms in total. The maximum absolute atomic E-state index is 13.2. The molecular weight excluding hydrogens is 423 g/mol. The molecule has 164 valence electrons. The molecule has 3 aliphatic rings. The van der Waals surface area contributed by atoms with Crippen molar-refractivity contribution in [2.75, 3.05) is 10.2 Å². The van der Waals surface area contributed by atoms with Crippen LogP contribution in [0.3, 0.4) is 0 Å². The van der Waals surface area contributed by atoms with Crippen LogP contribution in [0.4, 0.5) is 17.5 Å². The number of rotatable bonds is 7. The number of anilines is 3. The monoisotopic (exact) mass is 449 g/mol. The van der Waals surface area contributed by atoms with Gasteiger partial charge in [0.2, 0.25) is 21.9 Å². The third-order valence-electron chi connectivity index (χ3n) is 6.46. The number of benzene rings is 1. The number of sulfonamides is 1. The SMILES string of the molecule is BC(B)(B)NS(=O)(=O)c1ccc(Nc2ncc3c(n2)N([C@@H](C)C2CC2)C(=O)C32CC2)cc1. The summed E-state index contributed by atoms with van der Waals surface area (Å²) in [6, 6.07) is 6.61. The summed E-state index contributed by atoms with van der Waals surface area (Å²) in [5, 5.41) is 2.59. The largest absolute Gasteiger partial charge is 0.324 e. The highest BCUT2D eigenvalue weighted by Crippen LogP contribution is 2.58. The van der Waals surface area contributed by atoms with Crippen molar-refractivity contribution in [2.45, 2.75) is 54.2 Å². The van der Waals surface area contributed by atoms with Gasteiger partial charge in [0.05, 0.1) is 10.3 Å². The molecule has 1 aliphatic heterocycles. The average Bonchev–Trinajstić information content (AvgIpc) is 3.60. The Labute approximate surface area is 191 Å². The molecule has 2 fully saturated rings. The molecular formula is C20H26B3N5O3S. The Morgan fingerprint density at radius 2 is 1.84 bits per heavy atom. The zero-order valence-electron chi connectivity index (χ0n) is 18.8. The lowest BCUT2D eigenvalue weighted by Crippen LogP contribution is -2.49. The van der Waals surface area contributed by atoms with Gasteiger partial charge in [-0.05, 0) is 62.8 Å². The second-order valence-electron chi connectivity index (χ2n) is 10.3. The molecule has 5 rings (SSSR count). The Morgan fingerprint density at radius 3 is 2.41 bits per heavy atom. The van der Waals surface area contributed by atoms with Gasteiger partial charge >= 0.3 is 0 Å². The standard InChI is InChI=1S/C20H26B3N5O3S/c1-11(12-2-3-12)28-16-15(19(8-9-19)17(28)29)10-24-18(26-16)25-13-4-6-14(7-5-13)32(30,31)27-20(21,22)23/h4-7,10-12,27H,2-3,8-9,21-23H2,1H3,(H,24,25,26)/t11-/m0/s1. The molecule has 1 aromatic heterocycles. The fourth-order valence-electron chi connectivity index (χ4n) is 4.48. The normalized spacial score (nSPS) is 20.3. The maximum atomic E-state index is 13.2. The molecule has 1 aromatic carbocycles. The number of fused-ring (bicyclic) bond motifs is 2. The number of nitrogens with zero attached hydrogens (tertiary/aromatic N) is 3. The zero-order valence-corrected chi connectivity index (χ0v) is 19.7. The van der Waals surface area contributed by atoms with Crippen LogP contribution in [-0.4, -0.2) is 59.1 Å². The molecule has 12 heteroatoms. The molecule has 0 unspecified atom stereocenters. The second-order valence-corrected chi connectivity index (χ2v) is 12.0. The number of amides is 1. The van der Waals surface area contributed by atoms with Gasteiger partial charge in [-0.3, -0.25) is 9.69 Å². The quantitative estimate of drug-likeness (QED) is 0.537. The van der Waals surface area contributed by atoms with Gasteiger partial charge in [0.1, 0.15) is 29.4 Å². The Morgan fingerprint density at radius 1 is 1.19 bits per heavy atom. The predicted molar refractivity (Wildman–Crippen MR) is 131 cm³/mol. The summed E-state index contributed by atoms with van der Waals surface area (Å²) in [6.45, 7) is 2.11. The van der Waals surface area contributed by atoms with E-state index < -0.39 is 20.7 Å². The molecule has 0 bridgehead atoms. The fraction of sp³-hybridized carbons (Fsp3) is 0.450. The molecule has 0 radical (unpaired) electrons. The van der Waals surface area contributed by atoms with Crippen molar-refractivity contribution in [3.05, 3.63) is 36.0 Å². The lowest BCUT2D eigenvalue weighted by Gasteiger charge is -2.25. The summed E-state index contributed by atoms with van der Waals surface area (Å²) < 4.78 is 27.7. The Kier molecular flexibility index (Phi) is 4.76. The number of hydrogen-bond donors (Lipinski definition) is 2. The van der Waals surface area contributed by atoms with Crippen LogP contribution in [0.2, 0.25) is 0 Å². The van der Waals surface area contributed by atoms with Crippen molar-refractivity contribution in [3.8, 4) is 0 Å². The van der Waals surface area contributed by atoms with Crippen LogP contribution in [0.15, 0.2) is 35.4 Å². The minimum Gasteiger partial charge on any atom is -0.324 e. The smallest absolute Gasteiger partial charge is 0.239 e. The lowest BCUT2D eigenvalue weighted by atomic mass is 9.50. The van der Waals surface area contributed by atoms with Crippen molar-refractivity contribution < 1.29 is 13.2 Å². The van der Waals surface area contributed by atoms with Crippen LogP contribution in [-0.2, 0) is 20.2 Å². The van der Waals surface area contributed by atoms with Crippen LogP contribution >= 0.6 is 0 Å². The summed E-state index contributed by atoms with van der Waals surface area (Å²) >= 11 is 0. The third kappa shape index (κ3) is 3.73. The van der Waals surface area contributed by atoms with Gasteiger partial charge in [-0.15, -0.1) is 0 Å². The van der Waals surface area contributed by atoms with Gasteiger partial charge < -0.3 is 5.32 Å². The molecule has 2 saturated carbocycles. The minimum absolute atomic E-state index is 0.142. The summed E-state index contributed by atoms with van der Waals surface area (Å²) in [5.41, 5.74) is 1.20. The van der Waals surface area contributed by atoms with E-state index in [1.54, 1.807) is 54.0 Å². The fourth-order valence-corrected chi connectivity index (χ4v) is 5.90. The number of nitrogens with one attached hydrogen (secondary N) is 2. The van der Waals surface area contributed by atoms with E-state index in [1.807, 2.05) is 4.90 Å². The van der Waals surface area contributed by atoms with Crippen molar-refractivity contribution in [3.63, 3.8) is 0 Å². The van der Waals surface area contributed by atoms with Crippen molar-refractivity contribution in [1.29, 1.82) is 0 Å². The molecule has 1 amide bonds. The van der Waals surface area contributed by atoms with E-state index in [9.17, 15) is 13.2 Å². The van der Waals surface area contributed by atoms with Gasteiger partial charge in [-0.25, -0.2) is 18.1 Å². The van der Waals surface area contributed by atoms with Gasteiger partial charge in [-0.2, -0.15) is 4.98 Å². The van der Waals surface area contributed by atoms with E-state index >= 15 is 0 Å². The highest BCUT2D eigenvalue weighted by Gasteiger charge is 2.61. The molecule has 2 aromatic rings. The number of aromatic nitrogens is 2. The van der Waals surface area contributed by atoms with E-state index in [2.05, 4.69) is 21.9 Å². The summed E-state index contributed by atoms with van der Waals surface area (Å²) in [4.78, 5) is 24.5. The summed E-state index contributed by atoms with van der Waals surface area (Å²) in [6.07, 6.45) is 5.82. The van der Waals surface area contributed by atoms with Gasteiger partial charge in [-0.1, -0.05) is 5.24 Å². The average molecular weight is 449 g/mol. The molecule has 2 N–H and O–H groups in total. The number of carbonyl (C=O) groups excluding carboxylic acids is 1. The van der Waals surface area contributed by atoms with E-state index in [-0.39, 0.29) is 16.8 Å².